The summed E-state index contributed by atoms with van der Waals surface area (Å²) in [5.74, 6) is 0.0626. The molecule has 0 aliphatic heterocycles. The van der Waals surface area contributed by atoms with E-state index in [4.69, 9.17) is 0 Å². The average Bonchev–Trinajstić information content (AvgIpc) is 2.74. The van der Waals surface area contributed by atoms with Gasteiger partial charge in [-0.25, -0.2) is 0 Å². The number of hydrogen-bond acceptors (Lipinski definition) is 2. The summed E-state index contributed by atoms with van der Waals surface area (Å²) in [7, 11) is 0. The van der Waals surface area contributed by atoms with Crippen molar-refractivity contribution in [2.45, 2.75) is 69.6 Å². The van der Waals surface area contributed by atoms with Crippen LogP contribution in [0.25, 0.3) is 6.08 Å². The molecule has 0 saturated carbocycles. The van der Waals surface area contributed by atoms with Gasteiger partial charge in [0.05, 0.1) is 0 Å². The maximum absolute atomic E-state index is 12.4. The second-order valence-electron chi connectivity index (χ2n) is 7.39. The zero-order valence-corrected chi connectivity index (χ0v) is 18.3. The first-order valence-electron chi connectivity index (χ1n) is 10.7. The number of allylic oxidation sites excluding steroid dienone is 1. The summed E-state index contributed by atoms with van der Waals surface area (Å²) in [5.41, 5.74) is 3.15. The molecule has 0 spiro atoms. The van der Waals surface area contributed by atoms with E-state index in [0.717, 1.165) is 17.5 Å². The first kappa shape index (κ1) is 22.5. The quantitative estimate of drug-likeness (QED) is 0.148. The van der Waals surface area contributed by atoms with Crippen LogP contribution in [0, 0.1) is 0 Å². The maximum Gasteiger partial charge on any atom is 0.185 e. The summed E-state index contributed by atoms with van der Waals surface area (Å²) in [5, 5.41) is 0. The molecule has 0 unspecified atom stereocenters. The average molecular weight is 395 g/mol. The van der Waals surface area contributed by atoms with E-state index >= 15 is 0 Å². The number of benzene rings is 2. The summed E-state index contributed by atoms with van der Waals surface area (Å²) < 4.78 is 0. The zero-order chi connectivity index (χ0) is 20.0. The number of rotatable bonds is 13. The van der Waals surface area contributed by atoms with Crippen molar-refractivity contribution in [2.75, 3.05) is 6.26 Å². The van der Waals surface area contributed by atoms with Crippen LogP contribution < -0.4 is 0 Å². The number of thioether (sulfide) groups is 1. The number of unbranched alkanes of at least 4 members (excludes halogenated alkanes) is 7. The summed E-state index contributed by atoms with van der Waals surface area (Å²) in [6, 6.07) is 16.4. The lowest BCUT2D eigenvalue weighted by Crippen LogP contribution is -1.95. The van der Waals surface area contributed by atoms with Crippen molar-refractivity contribution in [1.29, 1.82) is 0 Å². The van der Waals surface area contributed by atoms with Gasteiger partial charge in [0.15, 0.2) is 5.78 Å². The van der Waals surface area contributed by atoms with Crippen LogP contribution in [0.15, 0.2) is 59.5 Å². The van der Waals surface area contributed by atoms with Crippen LogP contribution in [0.1, 0.15) is 79.8 Å². The van der Waals surface area contributed by atoms with Gasteiger partial charge in [0, 0.05) is 10.5 Å². The van der Waals surface area contributed by atoms with Crippen LogP contribution in [-0.2, 0) is 6.42 Å². The predicted octanol–water partition coefficient (Wildman–Crippen LogP) is 7.99. The lowest BCUT2D eigenvalue weighted by Gasteiger charge is -2.04. The Kier molecular flexibility index (Phi) is 10.8. The standard InChI is InChI=1S/C26H34OS/c1-3-4-5-6-7-8-9-10-11-22-12-17-24(18-13-22)26(27)21-16-23-14-19-25(28-2)20-15-23/h12-21H,3-11H2,1-2H3/b21-16+. The molecule has 28 heavy (non-hydrogen) atoms. The molecule has 0 aromatic heterocycles. The normalized spacial score (nSPS) is 11.2. The minimum Gasteiger partial charge on any atom is -0.289 e. The molecule has 0 aliphatic carbocycles. The Bertz CT molecular complexity index is 713. The molecule has 150 valence electrons. The predicted molar refractivity (Wildman–Crippen MR) is 124 cm³/mol. The monoisotopic (exact) mass is 394 g/mol. The molecule has 0 heterocycles. The molecule has 2 aromatic carbocycles. The van der Waals surface area contributed by atoms with E-state index in [9.17, 15) is 4.79 Å². The van der Waals surface area contributed by atoms with Crippen LogP contribution in [-0.4, -0.2) is 12.0 Å². The Morgan fingerprint density at radius 3 is 2.04 bits per heavy atom. The highest BCUT2D eigenvalue weighted by Crippen LogP contribution is 2.16. The third kappa shape index (κ3) is 8.48. The zero-order valence-electron chi connectivity index (χ0n) is 17.5. The van der Waals surface area contributed by atoms with E-state index in [2.05, 4.69) is 37.4 Å². The highest BCUT2D eigenvalue weighted by atomic mass is 32.2. The second-order valence-corrected chi connectivity index (χ2v) is 8.27. The number of carbonyl (C=O) groups is 1. The second kappa shape index (κ2) is 13.4. The van der Waals surface area contributed by atoms with E-state index in [1.165, 1.54) is 61.8 Å². The van der Waals surface area contributed by atoms with E-state index in [0.29, 0.717) is 0 Å². The third-order valence-electron chi connectivity index (χ3n) is 5.10. The molecule has 0 bridgehead atoms. The first-order valence-corrected chi connectivity index (χ1v) is 11.9. The fourth-order valence-electron chi connectivity index (χ4n) is 3.28. The molecule has 2 aromatic rings. The molecule has 1 nitrogen and oxygen atoms in total. The van der Waals surface area contributed by atoms with E-state index in [1.54, 1.807) is 17.8 Å². The van der Waals surface area contributed by atoms with Gasteiger partial charge >= 0.3 is 0 Å². The molecule has 2 heteroatoms. The van der Waals surface area contributed by atoms with Crippen LogP contribution >= 0.6 is 11.8 Å². The Balaban J connectivity index is 1.72. The van der Waals surface area contributed by atoms with Crippen molar-refractivity contribution in [2.24, 2.45) is 0 Å². The molecule has 0 aliphatic rings. The summed E-state index contributed by atoms with van der Waals surface area (Å²) in [6.45, 7) is 2.26. The van der Waals surface area contributed by atoms with Crippen LogP contribution in [0.4, 0.5) is 0 Å². The Morgan fingerprint density at radius 2 is 1.43 bits per heavy atom. The third-order valence-corrected chi connectivity index (χ3v) is 5.84. The molecule has 0 atom stereocenters. The van der Waals surface area contributed by atoms with Gasteiger partial charge in [-0.2, -0.15) is 0 Å². The molecule has 0 fully saturated rings. The van der Waals surface area contributed by atoms with Crippen molar-refractivity contribution in [3.8, 4) is 0 Å². The molecule has 0 N–H and O–H groups in total. The van der Waals surface area contributed by atoms with Crippen molar-refractivity contribution in [3.05, 3.63) is 71.3 Å². The summed E-state index contributed by atoms with van der Waals surface area (Å²) in [6.07, 6.45) is 17.5. The van der Waals surface area contributed by atoms with Gasteiger partial charge in [-0.05, 0) is 48.4 Å². The molecular weight excluding hydrogens is 360 g/mol. The van der Waals surface area contributed by atoms with Crippen LogP contribution in [0.3, 0.4) is 0 Å². The number of ketones is 1. The lowest BCUT2D eigenvalue weighted by molar-refractivity contribution is 0.104. The Morgan fingerprint density at radius 1 is 0.821 bits per heavy atom. The van der Waals surface area contributed by atoms with Gasteiger partial charge in [0.1, 0.15) is 0 Å². The fraction of sp³-hybridized carbons (Fsp3) is 0.423. The van der Waals surface area contributed by atoms with Gasteiger partial charge in [-0.3, -0.25) is 4.79 Å². The van der Waals surface area contributed by atoms with Crippen LogP contribution in [0.5, 0.6) is 0 Å². The van der Waals surface area contributed by atoms with E-state index < -0.39 is 0 Å². The minimum absolute atomic E-state index is 0.0626. The van der Waals surface area contributed by atoms with E-state index in [1.807, 2.05) is 30.3 Å². The molecule has 0 radical (unpaired) electrons. The fourth-order valence-corrected chi connectivity index (χ4v) is 3.69. The Labute approximate surface area is 175 Å². The van der Waals surface area contributed by atoms with Crippen molar-refractivity contribution < 1.29 is 4.79 Å². The summed E-state index contributed by atoms with van der Waals surface area (Å²) >= 11 is 1.72. The molecule has 2 rings (SSSR count). The van der Waals surface area contributed by atoms with Gasteiger partial charge in [0.2, 0.25) is 0 Å². The lowest BCUT2D eigenvalue weighted by atomic mass is 10.0. The van der Waals surface area contributed by atoms with Gasteiger partial charge in [-0.1, -0.05) is 94.3 Å². The minimum atomic E-state index is 0.0626. The van der Waals surface area contributed by atoms with Crippen molar-refractivity contribution >= 4 is 23.6 Å². The van der Waals surface area contributed by atoms with Crippen molar-refractivity contribution in [3.63, 3.8) is 0 Å². The largest absolute Gasteiger partial charge is 0.289 e. The van der Waals surface area contributed by atoms with Crippen LogP contribution in [0.2, 0.25) is 0 Å². The highest BCUT2D eigenvalue weighted by molar-refractivity contribution is 7.98. The van der Waals surface area contributed by atoms with E-state index in [-0.39, 0.29) is 5.78 Å². The summed E-state index contributed by atoms with van der Waals surface area (Å²) in [4.78, 5) is 13.6. The van der Waals surface area contributed by atoms with Gasteiger partial charge < -0.3 is 0 Å². The topological polar surface area (TPSA) is 17.1 Å². The highest BCUT2D eigenvalue weighted by Gasteiger charge is 2.02. The number of hydrogen-bond donors (Lipinski definition) is 0. The molecule has 0 amide bonds. The molecule has 0 saturated heterocycles. The Hall–Kier alpha value is -1.80. The molecular formula is C26H34OS. The SMILES string of the molecule is CCCCCCCCCCc1ccc(C(=O)/C=C/c2ccc(SC)cc2)cc1. The van der Waals surface area contributed by atoms with Crippen molar-refractivity contribution in [1.82, 2.24) is 0 Å². The maximum atomic E-state index is 12.4. The smallest absolute Gasteiger partial charge is 0.185 e. The van der Waals surface area contributed by atoms with Gasteiger partial charge in [-0.15, -0.1) is 11.8 Å². The van der Waals surface area contributed by atoms with Gasteiger partial charge in [0.25, 0.3) is 0 Å². The number of aryl methyl sites for hydroxylation is 1. The number of carbonyl (C=O) groups excluding carboxylic acids is 1. The first-order chi connectivity index (χ1) is 13.7.